The monoisotopic (exact) mass is 374 g/mol. The molecule has 1 atom stereocenters. The van der Waals surface area contributed by atoms with E-state index in [1.807, 2.05) is 32.6 Å². The molecular weight excluding hydrogens is 340 g/mol. The van der Waals surface area contributed by atoms with Gasteiger partial charge in [-0.05, 0) is 59.3 Å². The van der Waals surface area contributed by atoms with E-state index in [2.05, 4.69) is 22.9 Å². The number of aromatic nitrogens is 2. The van der Waals surface area contributed by atoms with Crippen LogP contribution in [0.15, 0.2) is 6.07 Å². The van der Waals surface area contributed by atoms with Gasteiger partial charge in [0.1, 0.15) is 17.2 Å². The number of anilines is 1. The van der Waals surface area contributed by atoms with Gasteiger partial charge >= 0.3 is 6.09 Å². The van der Waals surface area contributed by atoms with Crippen LogP contribution in [0.4, 0.5) is 10.6 Å². The van der Waals surface area contributed by atoms with Gasteiger partial charge in [0.05, 0.1) is 5.69 Å². The van der Waals surface area contributed by atoms with Crippen LogP contribution in [0, 0.1) is 12.8 Å². The Morgan fingerprint density at radius 3 is 2.52 bits per heavy atom. The Bertz CT molecular complexity index is 663. The van der Waals surface area contributed by atoms with Crippen molar-refractivity contribution < 1.29 is 9.53 Å². The Balaban J connectivity index is 1.72. The molecule has 0 bridgehead atoms. The Hall–Kier alpha value is -1.85. The second kappa shape index (κ2) is 8.03. The third-order valence-electron chi connectivity index (χ3n) is 5.44. The molecule has 1 amide bonds. The van der Waals surface area contributed by atoms with E-state index in [9.17, 15) is 4.79 Å². The minimum Gasteiger partial charge on any atom is -0.444 e. The normalized spacial score (nSPS) is 22.0. The van der Waals surface area contributed by atoms with Crippen molar-refractivity contribution in [3.63, 3.8) is 0 Å². The first-order valence-electron chi connectivity index (χ1n) is 10.3. The molecule has 1 aromatic heterocycles. The molecule has 2 aliphatic rings. The maximum atomic E-state index is 12.5. The standard InChI is InChI=1S/C21H34N4O2/c1-15-8-11-24(12-9-15)19-13-18(22-16(2)23-19)17-7-6-10-25(14-17)20(26)27-21(3,4)5/h13,15,17H,6-12,14H2,1-5H3/t17-/m0/s1. The van der Waals surface area contributed by atoms with Gasteiger partial charge in [-0.25, -0.2) is 14.8 Å². The van der Waals surface area contributed by atoms with Crippen LogP contribution in [-0.2, 0) is 4.74 Å². The lowest BCUT2D eigenvalue weighted by molar-refractivity contribution is 0.0197. The Morgan fingerprint density at radius 1 is 1.15 bits per heavy atom. The summed E-state index contributed by atoms with van der Waals surface area (Å²) in [5.74, 6) is 2.90. The fourth-order valence-electron chi connectivity index (χ4n) is 3.89. The largest absolute Gasteiger partial charge is 0.444 e. The quantitative estimate of drug-likeness (QED) is 0.779. The van der Waals surface area contributed by atoms with Crippen molar-refractivity contribution in [3.05, 3.63) is 17.6 Å². The molecule has 1 aromatic rings. The summed E-state index contributed by atoms with van der Waals surface area (Å²) in [7, 11) is 0. The fraction of sp³-hybridized carbons (Fsp3) is 0.762. The highest BCUT2D eigenvalue weighted by atomic mass is 16.6. The van der Waals surface area contributed by atoms with Crippen LogP contribution < -0.4 is 4.90 Å². The number of rotatable bonds is 2. The molecule has 6 heteroatoms. The summed E-state index contributed by atoms with van der Waals surface area (Å²) >= 11 is 0. The molecule has 6 nitrogen and oxygen atoms in total. The van der Waals surface area contributed by atoms with E-state index < -0.39 is 5.60 Å². The van der Waals surface area contributed by atoms with Gasteiger partial charge in [0, 0.05) is 38.2 Å². The van der Waals surface area contributed by atoms with Gasteiger partial charge in [-0.3, -0.25) is 0 Å². The summed E-state index contributed by atoms with van der Waals surface area (Å²) in [6, 6.07) is 2.15. The zero-order chi connectivity index (χ0) is 19.6. The maximum absolute atomic E-state index is 12.5. The van der Waals surface area contributed by atoms with Crippen molar-refractivity contribution in [2.75, 3.05) is 31.1 Å². The second-order valence-electron chi connectivity index (χ2n) is 9.13. The van der Waals surface area contributed by atoms with E-state index in [0.29, 0.717) is 6.54 Å². The molecule has 0 radical (unpaired) electrons. The van der Waals surface area contributed by atoms with Crippen molar-refractivity contribution >= 4 is 11.9 Å². The molecule has 0 spiro atoms. The van der Waals surface area contributed by atoms with Crippen LogP contribution >= 0.6 is 0 Å². The van der Waals surface area contributed by atoms with Crippen LogP contribution in [0.25, 0.3) is 0 Å². The summed E-state index contributed by atoms with van der Waals surface area (Å²) in [5.41, 5.74) is 0.595. The summed E-state index contributed by atoms with van der Waals surface area (Å²) in [6.45, 7) is 13.6. The van der Waals surface area contributed by atoms with Crippen LogP contribution in [0.5, 0.6) is 0 Å². The second-order valence-corrected chi connectivity index (χ2v) is 9.13. The molecule has 0 unspecified atom stereocenters. The highest BCUT2D eigenvalue weighted by Gasteiger charge is 2.29. The molecule has 27 heavy (non-hydrogen) atoms. The smallest absolute Gasteiger partial charge is 0.410 e. The molecule has 3 heterocycles. The van der Waals surface area contributed by atoms with E-state index >= 15 is 0 Å². The van der Waals surface area contributed by atoms with E-state index in [0.717, 1.165) is 55.7 Å². The predicted octanol–water partition coefficient (Wildman–Crippen LogP) is 4.14. The van der Waals surface area contributed by atoms with Gasteiger partial charge in [-0.2, -0.15) is 0 Å². The fourth-order valence-corrected chi connectivity index (χ4v) is 3.89. The third kappa shape index (κ3) is 5.33. The lowest BCUT2D eigenvalue weighted by atomic mass is 9.94. The Labute approximate surface area is 163 Å². The highest BCUT2D eigenvalue weighted by molar-refractivity contribution is 5.68. The van der Waals surface area contributed by atoms with Gasteiger partial charge in [-0.1, -0.05) is 6.92 Å². The Morgan fingerprint density at radius 2 is 1.85 bits per heavy atom. The molecule has 0 N–H and O–H groups in total. The van der Waals surface area contributed by atoms with Crippen molar-refractivity contribution in [2.24, 2.45) is 5.92 Å². The SMILES string of the molecule is Cc1nc([C@H]2CCCN(C(=O)OC(C)(C)C)C2)cc(N2CCC(C)CC2)n1. The topological polar surface area (TPSA) is 58.6 Å². The molecule has 150 valence electrons. The van der Waals surface area contributed by atoms with Crippen molar-refractivity contribution in [2.45, 2.75) is 71.8 Å². The average molecular weight is 375 g/mol. The van der Waals surface area contributed by atoms with Gasteiger partial charge in [0.2, 0.25) is 0 Å². The molecule has 3 rings (SSSR count). The average Bonchev–Trinajstić information content (AvgIpc) is 2.60. The van der Waals surface area contributed by atoms with Gasteiger partial charge in [0.15, 0.2) is 0 Å². The number of ether oxygens (including phenoxy) is 1. The van der Waals surface area contributed by atoms with E-state index in [1.165, 1.54) is 12.8 Å². The number of carbonyl (C=O) groups is 1. The number of likely N-dealkylation sites (tertiary alicyclic amines) is 1. The molecular formula is C21H34N4O2. The lowest BCUT2D eigenvalue weighted by Crippen LogP contribution is -2.42. The molecule has 0 aliphatic carbocycles. The lowest BCUT2D eigenvalue weighted by Gasteiger charge is -2.35. The Kier molecular flexibility index (Phi) is 5.92. The zero-order valence-electron chi connectivity index (χ0n) is 17.5. The summed E-state index contributed by atoms with van der Waals surface area (Å²) < 4.78 is 5.56. The first-order valence-corrected chi connectivity index (χ1v) is 10.3. The predicted molar refractivity (Wildman–Crippen MR) is 107 cm³/mol. The van der Waals surface area contributed by atoms with Crippen molar-refractivity contribution in [1.29, 1.82) is 0 Å². The number of amides is 1. The minimum absolute atomic E-state index is 0.219. The third-order valence-corrected chi connectivity index (χ3v) is 5.44. The zero-order valence-corrected chi connectivity index (χ0v) is 17.5. The first kappa shape index (κ1) is 19.9. The summed E-state index contributed by atoms with van der Waals surface area (Å²) in [5, 5.41) is 0. The van der Waals surface area contributed by atoms with Crippen LogP contribution in [0.2, 0.25) is 0 Å². The molecule has 2 saturated heterocycles. The summed E-state index contributed by atoms with van der Waals surface area (Å²) in [6.07, 6.45) is 4.24. The maximum Gasteiger partial charge on any atom is 0.410 e. The minimum atomic E-state index is -0.464. The highest BCUT2D eigenvalue weighted by Crippen LogP contribution is 2.30. The summed E-state index contributed by atoms with van der Waals surface area (Å²) in [4.78, 5) is 26.1. The van der Waals surface area contributed by atoms with Crippen molar-refractivity contribution in [3.8, 4) is 0 Å². The number of hydrogen-bond donors (Lipinski definition) is 0. The molecule has 2 fully saturated rings. The van der Waals surface area contributed by atoms with Crippen LogP contribution in [0.3, 0.4) is 0 Å². The first-order chi connectivity index (χ1) is 12.7. The van der Waals surface area contributed by atoms with Gasteiger partial charge in [-0.15, -0.1) is 0 Å². The molecule has 0 aromatic carbocycles. The number of hydrogen-bond acceptors (Lipinski definition) is 5. The van der Waals surface area contributed by atoms with Crippen LogP contribution in [0.1, 0.15) is 70.8 Å². The van der Waals surface area contributed by atoms with Gasteiger partial charge in [0.25, 0.3) is 0 Å². The van der Waals surface area contributed by atoms with E-state index in [-0.39, 0.29) is 12.0 Å². The number of carbonyl (C=O) groups excluding carboxylic acids is 1. The van der Waals surface area contributed by atoms with E-state index in [4.69, 9.17) is 9.72 Å². The number of nitrogens with zero attached hydrogens (tertiary/aromatic N) is 4. The van der Waals surface area contributed by atoms with E-state index in [1.54, 1.807) is 0 Å². The number of piperidine rings is 2. The molecule has 2 aliphatic heterocycles. The van der Waals surface area contributed by atoms with Crippen molar-refractivity contribution in [1.82, 2.24) is 14.9 Å². The van der Waals surface area contributed by atoms with Gasteiger partial charge < -0.3 is 14.5 Å². The van der Waals surface area contributed by atoms with Crippen LogP contribution in [-0.4, -0.2) is 52.7 Å². The molecule has 0 saturated carbocycles. The number of aryl methyl sites for hydroxylation is 1.